The third-order valence-electron chi connectivity index (χ3n) is 5.33. The van der Waals surface area contributed by atoms with Crippen LogP contribution < -0.4 is 10.9 Å². The van der Waals surface area contributed by atoms with Crippen LogP contribution in [0.1, 0.15) is 15.9 Å². The molecule has 0 aliphatic rings. The van der Waals surface area contributed by atoms with Crippen molar-refractivity contribution < 1.29 is 4.79 Å². The van der Waals surface area contributed by atoms with Crippen molar-refractivity contribution in [2.45, 2.75) is 13.1 Å². The minimum absolute atomic E-state index is 0.146. The maximum absolute atomic E-state index is 12.9. The van der Waals surface area contributed by atoms with Gasteiger partial charge in [-0.2, -0.15) is 5.10 Å². The number of hydrogen-bond donors (Lipinski definition) is 2. The first-order valence-electron chi connectivity index (χ1n) is 10.1. The third-order valence-corrected chi connectivity index (χ3v) is 5.86. The molecule has 0 atom stereocenters. The molecule has 0 radical (unpaired) electrons. The summed E-state index contributed by atoms with van der Waals surface area (Å²) < 4.78 is 4.19. The first-order chi connectivity index (χ1) is 15.6. The van der Waals surface area contributed by atoms with Crippen molar-refractivity contribution in [2.24, 2.45) is 0 Å². The molecule has 0 aliphatic carbocycles. The molecule has 0 aliphatic heterocycles. The van der Waals surface area contributed by atoms with E-state index in [1.807, 2.05) is 48.5 Å². The van der Waals surface area contributed by atoms with Gasteiger partial charge < -0.3 is 10.3 Å². The Morgan fingerprint density at radius 1 is 1.09 bits per heavy atom. The van der Waals surface area contributed by atoms with Gasteiger partial charge in [-0.05, 0) is 23.8 Å². The Hall–Kier alpha value is -3.72. The quantitative estimate of drug-likeness (QED) is 0.381. The molecule has 5 aromatic rings. The van der Waals surface area contributed by atoms with Crippen molar-refractivity contribution >= 4 is 43.8 Å². The minimum Gasteiger partial charge on any atom is -0.360 e. The monoisotopic (exact) mass is 490 g/mol. The van der Waals surface area contributed by atoms with Crippen LogP contribution in [0.2, 0.25) is 0 Å². The summed E-state index contributed by atoms with van der Waals surface area (Å²) in [5, 5.41) is 8.54. The van der Waals surface area contributed by atoms with Gasteiger partial charge in [0.2, 0.25) is 0 Å². The lowest BCUT2D eigenvalue weighted by atomic mass is 10.1. The van der Waals surface area contributed by atoms with Gasteiger partial charge in [-0.3, -0.25) is 14.2 Å². The fraction of sp³-hybridized carbons (Fsp3) is 0.130. The average molecular weight is 491 g/mol. The second-order valence-corrected chi connectivity index (χ2v) is 8.33. The standard InChI is InChI=1S/C23H19BrN6O2/c24-16-7-5-15(6-8-16)13-29-14-27-21-19(23(29)32)12-28-30(21)10-9-25-22(31)18-11-26-20-4-2-1-3-17(18)20/h1-8,11-12,14,26H,9-10,13H2,(H,25,31). The molecule has 9 heteroatoms. The van der Waals surface area contributed by atoms with E-state index in [4.69, 9.17) is 0 Å². The number of aromatic amines is 1. The topological polar surface area (TPSA) is 97.6 Å². The number of nitrogens with one attached hydrogen (secondary N) is 2. The zero-order valence-electron chi connectivity index (χ0n) is 17.0. The normalized spacial score (nSPS) is 11.3. The van der Waals surface area contributed by atoms with Gasteiger partial charge in [-0.15, -0.1) is 0 Å². The van der Waals surface area contributed by atoms with Gasteiger partial charge in [0.15, 0.2) is 5.65 Å². The predicted octanol–water partition coefficient (Wildman–Crippen LogP) is 3.32. The number of para-hydroxylation sites is 1. The molecule has 0 spiro atoms. The first-order valence-corrected chi connectivity index (χ1v) is 10.9. The molecule has 0 unspecified atom stereocenters. The Kier molecular flexibility index (Phi) is 5.32. The van der Waals surface area contributed by atoms with Crippen LogP contribution in [0.5, 0.6) is 0 Å². The molecule has 1 amide bonds. The van der Waals surface area contributed by atoms with Crippen molar-refractivity contribution in [3.8, 4) is 0 Å². The summed E-state index contributed by atoms with van der Waals surface area (Å²) in [4.78, 5) is 33.0. The van der Waals surface area contributed by atoms with Gasteiger partial charge in [0.05, 0.1) is 24.8 Å². The van der Waals surface area contributed by atoms with E-state index >= 15 is 0 Å². The number of hydrogen-bond acceptors (Lipinski definition) is 4. The maximum atomic E-state index is 12.9. The van der Waals surface area contributed by atoms with E-state index < -0.39 is 0 Å². The highest BCUT2D eigenvalue weighted by Crippen LogP contribution is 2.17. The molecule has 0 saturated carbocycles. The van der Waals surface area contributed by atoms with Crippen LogP contribution in [0, 0.1) is 0 Å². The summed E-state index contributed by atoms with van der Waals surface area (Å²) in [6.45, 7) is 1.19. The molecule has 5 rings (SSSR count). The Bertz CT molecular complexity index is 1480. The highest BCUT2D eigenvalue weighted by atomic mass is 79.9. The van der Waals surface area contributed by atoms with E-state index in [0.717, 1.165) is 20.9 Å². The lowest BCUT2D eigenvalue weighted by Gasteiger charge is -2.07. The van der Waals surface area contributed by atoms with Crippen molar-refractivity contribution in [1.82, 2.24) is 29.6 Å². The van der Waals surface area contributed by atoms with Crippen LogP contribution in [-0.2, 0) is 13.1 Å². The van der Waals surface area contributed by atoms with Crippen molar-refractivity contribution in [3.63, 3.8) is 0 Å². The van der Waals surface area contributed by atoms with E-state index in [2.05, 4.69) is 36.3 Å². The number of nitrogens with zero attached hydrogens (tertiary/aromatic N) is 4. The summed E-state index contributed by atoms with van der Waals surface area (Å²) in [7, 11) is 0. The number of amides is 1. The lowest BCUT2D eigenvalue weighted by Crippen LogP contribution is -2.27. The highest BCUT2D eigenvalue weighted by molar-refractivity contribution is 9.10. The maximum Gasteiger partial charge on any atom is 0.264 e. The number of fused-ring (bicyclic) bond motifs is 2. The number of H-pyrrole nitrogens is 1. The summed E-state index contributed by atoms with van der Waals surface area (Å²) in [5.74, 6) is -0.163. The molecular formula is C23H19BrN6O2. The smallest absolute Gasteiger partial charge is 0.264 e. The van der Waals surface area contributed by atoms with E-state index in [1.165, 1.54) is 12.5 Å². The van der Waals surface area contributed by atoms with E-state index in [-0.39, 0.29) is 11.5 Å². The van der Waals surface area contributed by atoms with Gasteiger partial charge in [0, 0.05) is 28.1 Å². The summed E-state index contributed by atoms with van der Waals surface area (Å²) in [6.07, 6.45) is 4.78. The molecule has 160 valence electrons. The number of halogens is 1. The van der Waals surface area contributed by atoms with Gasteiger partial charge in [0.1, 0.15) is 11.7 Å². The molecular weight excluding hydrogens is 472 g/mol. The fourth-order valence-electron chi connectivity index (χ4n) is 3.69. The van der Waals surface area contributed by atoms with Crippen molar-refractivity contribution in [2.75, 3.05) is 6.54 Å². The zero-order valence-corrected chi connectivity index (χ0v) is 18.5. The first kappa shape index (κ1) is 20.2. The molecule has 0 fully saturated rings. The number of rotatable bonds is 6. The highest BCUT2D eigenvalue weighted by Gasteiger charge is 2.13. The average Bonchev–Trinajstić information content (AvgIpc) is 3.42. The molecule has 3 aromatic heterocycles. The predicted molar refractivity (Wildman–Crippen MR) is 126 cm³/mol. The number of benzene rings is 2. The number of carbonyl (C=O) groups excluding carboxylic acids is 1. The molecule has 8 nitrogen and oxygen atoms in total. The Labute approximate surface area is 191 Å². The second-order valence-electron chi connectivity index (χ2n) is 7.41. The Morgan fingerprint density at radius 2 is 1.91 bits per heavy atom. The van der Waals surface area contributed by atoms with Crippen molar-refractivity contribution in [1.29, 1.82) is 0 Å². The number of carbonyl (C=O) groups is 1. The van der Waals surface area contributed by atoms with E-state index in [0.29, 0.717) is 36.2 Å². The summed E-state index contributed by atoms with van der Waals surface area (Å²) >= 11 is 3.41. The van der Waals surface area contributed by atoms with E-state index in [1.54, 1.807) is 15.4 Å². The van der Waals surface area contributed by atoms with Crippen LogP contribution in [-0.4, -0.2) is 36.8 Å². The Balaban J connectivity index is 1.29. The second kappa shape index (κ2) is 8.43. The van der Waals surface area contributed by atoms with Crippen LogP contribution in [0.4, 0.5) is 0 Å². The van der Waals surface area contributed by atoms with Gasteiger partial charge >= 0.3 is 0 Å². The molecule has 2 aromatic carbocycles. The number of aromatic nitrogens is 5. The lowest BCUT2D eigenvalue weighted by molar-refractivity contribution is 0.0953. The molecule has 0 bridgehead atoms. The van der Waals surface area contributed by atoms with Crippen molar-refractivity contribution in [3.05, 3.63) is 93.2 Å². The van der Waals surface area contributed by atoms with Gasteiger partial charge in [-0.1, -0.05) is 46.3 Å². The van der Waals surface area contributed by atoms with Gasteiger partial charge in [-0.25, -0.2) is 9.67 Å². The molecule has 32 heavy (non-hydrogen) atoms. The molecule has 0 saturated heterocycles. The largest absolute Gasteiger partial charge is 0.360 e. The minimum atomic E-state index is -0.163. The zero-order chi connectivity index (χ0) is 22.1. The fourth-order valence-corrected chi connectivity index (χ4v) is 3.95. The van der Waals surface area contributed by atoms with Crippen LogP contribution in [0.15, 0.2) is 76.5 Å². The van der Waals surface area contributed by atoms with Crippen LogP contribution in [0.3, 0.4) is 0 Å². The summed E-state index contributed by atoms with van der Waals surface area (Å²) in [5.41, 5.74) is 2.87. The van der Waals surface area contributed by atoms with Crippen LogP contribution >= 0.6 is 15.9 Å². The molecule has 2 N–H and O–H groups in total. The van der Waals surface area contributed by atoms with Gasteiger partial charge in [0.25, 0.3) is 11.5 Å². The molecule has 3 heterocycles. The van der Waals surface area contributed by atoms with Crippen LogP contribution in [0.25, 0.3) is 21.9 Å². The Morgan fingerprint density at radius 3 is 2.75 bits per heavy atom. The summed E-state index contributed by atoms with van der Waals surface area (Å²) in [6, 6.07) is 15.5. The third kappa shape index (κ3) is 3.82. The van der Waals surface area contributed by atoms with E-state index in [9.17, 15) is 9.59 Å². The SMILES string of the molecule is O=C(NCCn1ncc2c(=O)n(Cc3ccc(Br)cc3)cnc21)c1c[nH]c2ccccc12.